The van der Waals surface area contributed by atoms with Crippen LogP contribution < -0.4 is 5.73 Å². The maximum atomic E-state index is 6.26. The van der Waals surface area contributed by atoms with Gasteiger partial charge in [-0.2, -0.15) is 0 Å². The Bertz CT molecular complexity index is 725. The molecule has 2 aromatic carbocycles. The average Bonchev–Trinajstić information content (AvgIpc) is 2.46. The summed E-state index contributed by atoms with van der Waals surface area (Å²) >= 11 is 6.14. The molecule has 2 nitrogen and oxygen atoms in total. The van der Waals surface area contributed by atoms with E-state index in [1.807, 2.05) is 24.3 Å². The van der Waals surface area contributed by atoms with Crippen molar-refractivity contribution >= 4 is 22.4 Å². The molecule has 2 N–H and O–H groups in total. The molecule has 0 aliphatic carbocycles. The van der Waals surface area contributed by atoms with Gasteiger partial charge in [0.25, 0.3) is 0 Å². The van der Waals surface area contributed by atoms with Crippen molar-refractivity contribution in [3.05, 3.63) is 77.1 Å². The molecule has 1 atom stereocenters. The first-order valence-corrected chi connectivity index (χ1v) is 6.48. The number of hydrogen-bond acceptors (Lipinski definition) is 2. The lowest BCUT2D eigenvalue weighted by Crippen LogP contribution is -2.13. The van der Waals surface area contributed by atoms with Crippen molar-refractivity contribution in [1.29, 1.82) is 0 Å². The third-order valence-electron chi connectivity index (χ3n) is 3.21. The molecular formula is C16H13ClN2. The van der Waals surface area contributed by atoms with Gasteiger partial charge < -0.3 is 5.73 Å². The Balaban J connectivity index is 2.07. The Morgan fingerprint density at radius 2 is 1.74 bits per heavy atom. The highest BCUT2D eigenvalue weighted by Gasteiger charge is 2.13. The zero-order valence-corrected chi connectivity index (χ0v) is 11.0. The van der Waals surface area contributed by atoms with Crippen molar-refractivity contribution in [3.63, 3.8) is 0 Å². The predicted octanol–water partition coefficient (Wildman–Crippen LogP) is 3.94. The molecule has 0 saturated carbocycles. The van der Waals surface area contributed by atoms with Gasteiger partial charge in [0.15, 0.2) is 0 Å². The van der Waals surface area contributed by atoms with Gasteiger partial charge in [-0.15, -0.1) is 0 Å². The maximum absolute atomic E-state index is 6.26. The lowest BCUT2D eigenvalue weighted by Gasteiger charge is -2.13. The highest BCUT2D eigenvalue weighted by atomic mass is 35.5. The van der Waals surface area contributed by atoms with Crippen molar-refractivity contribution in [2.24, 2.45) is 5.73 Å². The molecule has 1 unspecified atom stereocenters. The van der Waals surface area contributed by atoms with E-state index in [1.165, 1.54) is 10.8 Å². The molecule has 3 heteroatoms. The first-order valence-electron chi connectivity index (χ1n) is 6.10. The molecule has 0 fully saturated rings. The zero-order valence-electron chi connectivity index (χ0n) is 10.3. The molecule has 0 spiro atoms. The second kappa shape index (κ2) is 5.00. The number of halogens is 1. The van der Waals surface area contributed by atoms with Gasteiger partial charge in [-0.05, 0) is 34.5 Å². The molecule has 3 aromatic rings. The van der Waals surface area contributed by atoms with Crippen molar-refractivity contribution < 1.29 is 0 Å². The molecule has 1 aromatic heterocycles. The number of rotatable bonds is 2. The minimum atomic E-state index is -0.307. The van der Waals surface area contributed by atoms with Crippen LogP contribution in [-0.2, 0) is 0 Å². The molecule has 1 heterocycles. The van der Waals surface area contributed by atoms with E-state index < -0.39 is 0 Å². The second-order valence-corrected chi connectivity index (χ2v) is 4.86. The van der Waals surface area contributed by atoms with Gasteiger partial charge in [-0.1, -0.05) is 48.0 Å². The van der Waals surface area contributed by atoms with Crippen LogP contribution in [0.3, 0.4) is 0 Å². The molecular weight excluding hydrogens is 256 g/mol. The summed E-state index contributed by atoms with van der Waals surface area (Å²) in [5.41, 5.74) is 7.98. The fourth-order valence-electron chi connectivity index (χ4n) is 2.19. The Morgan fingerprint density at radius 3 is 2.53 bits per heavy atom. The SMILES string of the molecule is NC(c1ccc2ccccc2c1)c1ncccc1Cl. The highest BCUT2D eigenvalue weighted by molar-refractivity contribution is 6.31. The molecule has 0 aliphatic rings. The lowest BCUT2D eigenvalue weighted by atomic mass is 10.00. The predicted molar refractivity (Wildman–Crippen MR) is 79.2 cm³/mol. The van der Waals surface area contributed by atoms with Crippen molar-refractivity contribution in [1.82, 2.24) is 4.98 Å². The zero-order chi connectivity index (χ0) is 13.2. The Morgan fingerprint density at radius 1 is 0.947 bits per heavy atom. The fourth-order valence-corrected chi connectivity index (χ4v) is 2.42. The summed E-state index contributed by atoms with van der Waals surface area (Å²) in [6, 6.07) is 17.7. The normalized spacial score (nSPS) is 12.5. The largest absolute Gasteiger partial charge is 0.319 e. The Labute approximate surface area is 116 Å². The van der Waals surface area contributed by atoms with Crippen LogP contribution in [0.2, 0.25) is 5.02 Å². The molecule has 0 aliphatic heterocycles. The van der Waals surface area contributed by atoms with Crippen LogP contribution in [0.25, 0.3) is 10.8 Å². The van der Waals surface area contributed by atoms with E-state index in [0.29, 0.717) is 10.7 Å². The standard InChI is InChI=1S/C16H13ClN2/c17-14-6-3-9-19-16(14)15(18)13-8-7-11-4-1-2-5-12(11)10-13/h1-10,15H,18H2. The number of hydrogen-bond donors (Lipinski definition) is 1. The monoisotopic (exact) mass is 268 g/mol. The molecule has 0 radical (unpaired) electrons. The summed E-state index contributed by atoms with van der Waals surface area (Å²) in [6.07, 6.45) is 1.71. The Hall–Kier alpha value is -1.90. The van der Waals surface area contributed by atoms with Crippen molar-refractivity contribution in [2.75, 3.05) is 0 Å². The summed E-state index contributed by atoms with van der Waals surface area (Å²) in [4.78, 5) is 4.28. The van der Waals surface area contributed by atoms with Crippen LogP contribution in [0, 0.1) is 0 Å². The third kappa shape index (κ3) is 2.33. The molecule has 94 valence electrons. The minimum absolute atomic E-state index is 0.307. The number of nitrogens with zero attached hydrogens (tertiary/aromatic N) is 1. The van der Waals surface area contributed by atoms with Crippen LogP contribution in [0.4, 0.5) is 0 Å². The molecule has 3 rings (SSSR count). The average molecular weight is 269 g/mol. The van der Waals surface area contributed by atoms with Crippen LogP contribution in [-0.4, -0.2) is 4.98 Å². The number of nitrogens with two attached hydrogens (primary N) is 1. The van der Waals surface area contributed by atoms with Gasteiger partial charge in [0.2, 0.25) is 0 Å². The maximum Gasteiger partial charge on any atom is 0.0802 e. The summed E-state index contributed by atoms with van der Waals surface area (Å²) < 4.78 is 0. The summed E-state index contributed by atoms with van der Waals surface area (Å²) in [7, 11) is 0. The van der Waals surface area contributed by atoms with E-state index in [4.69, 9.17) is 17.3 Å². The van der Waals surface area contributed by atoms with E-state index in [1.54, 1.807) is 12.3 Å². The molecule has 0 amide bonds. The highest BCUT2D eigenvalue weighted by Crippen LogP contribution is 2.26. The lowest BCUT2D eigenvalue weighted by molar-refractivity contribution is 0.831. The van der Waals surface area contributed by atoms with Gasteiger partial charge in [0.05, 0.1) is 16.8 Å². The van der Waals surface area contributed by atoms with Gasteiger partial charge >= 0.3 is 0 Å². The first kappa shape index (κ1) is 12.2. The second-order valence-electron chi connectivity index (χ2n) is 4.45. The fraction of sp³-hybridized carbons (Fsp3) is 0.0625. The molecule has 19 heavy (non-hydrogen) atoms. The third-order valence-corrected chi connectivity index (χ3v) is 3.53. The van der Waals surface area contributed by atoms with Gasteiger partial charge in [-0.3, -0.25) is 4.98 Å². The van der Waals surface area contributed by atoms with Gasteiger partial charge in [-0.25, -0.2) is 0 Å². The van der Waals surface area contributed by atoms with Gasteiger partial charge in [0, 0.05) is 6.20 Å². The van der Waals surface area contributed by atoms with Crippen LogP contribution >= 0.6 is 11.6 Å². The molecule has 0 bridgehead atoms. The van der Waals surface area contributed by atoms with E-state index >= 15 is 0 Å². The molecule has 0 saturated heterocycles. The first-order chi connectivity index (χ1) is 9.25. The van der Waals surface area contributed by atoms with E-state index in [2.05, 4.69) is 29.2 Å². The number of fused-ring (bicyclic) bond motifs is 1. The topological polar surface area (TPSA) is 38.9 Å². The van der Waals surface area contributed by atoms with E-state index in [-0.39, 0.29) is 6.04 Å². The smallest absolute Gasteiger partial charge is 0.0802 e. The van der Waals surface area contributed by atoms with Crippen LogP contribution in [0.1, 0.15) is 17.3 Å². The summed E-state index contributed by atoms with van der Waals surface area (Å²) in [6.45, 7) is 0. The number of benzene rings is 2. The number of aromatic nitrogens is 1. The van der Waals surface area contributed by atoms with E-state index in [9.17, 15) is 0 Å². The number of pyridine rings is 1. The van der Waals surface area contributed by atoms with E-state index in [0.717, 1.165) is 5.56 Å². The quantitative estimate of drug-likeness (QED) is 0.765. The summed E-state index contributed by atoms with van der Waals surface area (Å²) in [5, 5.41) is 2.97. The Kier molecular flexibility index (Phi) is 3.20. The van der Waals surface area contributed by atoms with Crippen LogP contribution in [0.15, 0.2) is 60.8 Å². The van der Waals surface area contributed by atoms with Crippen molar-refractivity contribution in [3.8, 4) is 0 Å². The van der Waals surface area contributed by atoms with Gasteiger partial charge in [0.1, 0.15) is 0 Å². The van der Waals surface area contributed by atoms with Crippen LogP contribution in [0.5, 0.6) is 0 Å². The minimum Gasteiger partial charge on any atom is -0.319 e. The summed E-state index contributed by atoms with van der Waals surface area (Å²) in [5.74, 6) is 0. The van der Waals surface area contributed by atoms with Crippen molar-refractivity contribution in [2.45, 2.75) is 6.04 Å².